The summed E-state index contributed by atoms with van der Waals surface area (Å²) in [6, 6.07) is 0. The van der Waals surface area contributed by atoms with Crippen molar-refractivity contribution in [2.75, 3.05) is 26.4 Å². The molecule has 4 aliphatic carbocycles. The fraction of sp³-hybridized carbons (Fsp3) is 0.963. The molecular weight excluding hydrogens is 1020 g/mol. The van der Waals surface area contributed by atoms with Gasteiger partial charge in [-0.05, 0) is 112 Å². The first-order chi connectivity index (χ1) is 36.0. The highest BCUT2D eigenvalue weighted by atomic mass is 16.8. The van der Waals surface area contributed by atoms with E-state index < -0.39 is 166 Å². The number of fused-ring (bicyclic) bond motifs is 5. The number of ether oxygens (including phenoxy) is 8. The van der Waals surface area contributed by atoms with Gasteiger partial charge in [0.1, 0.15) is 97.7 Å². The molecule has 29 atom stereocenters. The zero-order chi connectivity index (χ0) is 56.6. The molecule has 23 nitrogen and oxygen atoms in total. The molecular formula is C54H92O23. The normalized spacial score (nSPS) is 51.0. The maximum atomic E-state index is 11.8. The Hall–Kier alpha value is -1.18. The summed E-state index contributed by atoms with van der Waals surface area (Å²) in [7, 11) is 0. The maximum Gasteiger partial charge on any atom is 0.187 e. The summed E-state index contributed by atoms with van der Waals surface area (Å²) in [5.41, 5.74) is -0.793. The molecule has 9 unspecified atom stereocenters. The van der Waals surface area contributed by atoms with Crippen molar-refractivity contribution >= 4 is 0 Å². The Morgan fingerprint density at radius 2 is 1.08 bits per heavy atom. The molecule has 77 heavy (non-hydrogen) atoms. The van der Waals surface area contributed by atoms with E-state index in [9.17, 15) is 76.6 Å². The van der Waals surface area contributed by atoms with Crippen LogP contribution >= 0.6 is 0 Å². The highest BCUT2D eigenvalue weighted by Gasteiger charge is 2.68. The monoisotopic (exact) mass is 1110 g/mol. The van der Waals surface area contributed by atoms with Crippen LogP contribution in [0.2, 0.25) is 0 Å². The molecule has 0 radical (unpaired) electrons. The van der Waals surface area contributed by atoms with Gasteiger partial charge in [-0.25, -0.2) is 0 Å². The number of rotatable bonds is 17. The van der Waals surface area contributed by atoms with Gasteiger partial charge in [0, 0.05) is 5.41 Å². The molecule has 0 amide bonds. The van der Waals surface area contributed by atoms with Crippen molar-refractivity contribution in [3.8, 4) is 0 Å². The Morgan fingerprint density at radius 3 is 1.62 bits per heavy atom. The van der Waals surface area contributed by atoms with Gasteiger partial charge in [0.05, 0.1) is 44.2 Å². The SMILES string of the molecule is CC(CCC(O[C@@H]1O[C@H](CO[C@@H]2O[C@H](CO)[C@@H](O)[C@H](O)[C@H]2O)[C@@H](O)[C@H](O)[C@H]1O[C@@H]1O[C@H](CO)[C@@H](O)[C@H](O)[C@H]1O)C(C)(C)O)C1CCC2(C)C3CC=C4C(CC[C@H](OC5O[C@H](CO)[C@@H](O)[C@H](O)[C@H]5O)C4(C)C)C3(C)CCC12C. The van der Waals surface area contributed by atoms with Gasteiger partial charge in [-0.15, -0.1) is 0 Å². The lowest BCUT2D eigenvalue weighted by Crippen LogP contribution is -2.65. The summed E-state index contributed by atoms with van der Waals surface area (Å²) >= 11 is 0. The highest BCUT2D eigenvalue weighted by molar-refractivity contribution is 5.30. The van der Waals surface area contributed by atoms with Gasteiger partial charge in [-0.1, -0.05) is 53.2 Å². The van der Waals surface area contributed by atoms with Crippen molar-refractivity contribution in [1.82, 2.24) is 0 Å². The lowest BCUT2D eigenvalue weighted by atomic mass is 9.39. The van der Waals surface area contributed by atoms with Crippen molar-refractivity contribution in [2.45, 2.75) is 254 Å². The largest absolute Gasteiger partial charge is 0.394 e. The summed E-state index contributed by atoms with van der Waals surface area (Å²) in [5, 5.41) is 159. The lowest BCUT2D eigenvalue weighted by molar-refractivity contribution is -0.380. The topological polar surface area (TPSA) is 377 Å². The molecule has 0 spiro atoms. The van der Waals surface area contributed by atoms with Gasteiger partial charge in [-0.2, -0.15) is 0 Å². The Labute approximate surface area is 450 Å². The molecule has 23 heteroatoms. The first-order valence-electron chi connectivity index (χ1n) is 27.9. The molecule has 0 aromatic rings. The Bertz CT molecular complexity index is 1990. The standard InChI is InChI=1S/C54H92O23/c1-23(24-15-16-54(8)31-12-10-25-26(52(31,6)17-18-53(24,54)7)11-14-32(50(25,2)3)75-47-43(67)39(63)35(59)28(20-56)72-47)9-13-33(51(4,5)69)76-49-45(77-48-44(68)40(64)36(60)29(21-57)73-48)41(65)37(61)30(74-49)22-70-46-42(66)38(62)34(58)27(19-55)71-46/h10,23-24,26-49,55-69H,9,11-22H2,1-8H3/t23?,24?,26?,27-,28-,29-,30-,31?,32+,33?,34-,35-,36-,37-,38+,39+,40+,41+,42-,43-,44-,45-,46-,47?,48+,49+,52?,53?,54?/m1/s1. The van der Waals surface area contributed by atoms with Gasteiger partial charge < -0.3 is 114 Å². The van der Waals surface area contributed by atoms with Crippen LogP contribution in [-0.4, -0.2) is 244 Å². The number of hydrogen-bond donors (Lipinski definition) is 15. The third kappa shape index (κ3) is 11.1. The van der Waals surface area contributed by atoms with Crippen molar-refractivity contribution in [1.29, 1.82) is 0 Å². The molecule has 8 rings (SSSR count). The van der Waals surface area contributed by atoms with Crippen molar-refractivity contribution in [3.63, 3.8) is 0 Å². The van der Waals surface area contributed by atoms with Crippen molar-refractivity contribution in [3.05, 3.63) is 11.6 Å². The molecule has 7 fully saturated rings. The van der Waals surface area contributed by atoms with E-state index in [1.54, 1.807) is 13.8 Å². The van der Waals surface area contributed by atoms with Crippen LogP contribution in [0.1, 0.15) is 113 Å². The number of hydrogen-bond acceptors (Lipinski definition) is 23. The minimum absolute atomic E-state index is 0.0220. The van der Waals surface area contributed by atoms with E-state index >= 15 is 0 Å². The first-order valence-corrected chi connectivity index (χ1v) is 27.9. The first kappa shape index (κ1) is 61.9. The second-order valence-electron chi connectivity index (χ2n) is 25.8. The van der Waals surface area contributed by atoms with E-state index in [4.69, 9.17) is 37.9 Å². The predicted molar refractivity (Wildman–Crippen MR) is 266 cm³/mol. The minimum Gasteiger partial charge on any atom is -0.394 e. The van der Waals surface area contributed by atoms with Crippen LogP contribution < -0.4 is 0 Å². The Morgan fingerprint density at radius 1 is 0.571 bits per heavy atom. The van der Waals surface area contributed by atoms with Gasteiger partial charge >= 0.3 is 0 Å². The van der Waals surface area contributed by atoms with Crippen LogP contribution in [0.25, 0.3) is 0 Å². The second-order valence-corrected chi connectivity index (χ2v) is 25.8. The summed E-state index contributed by atoms with van der Waals surface area (Å²) in [4.78, 5) is 0. The molecule has 0 bridgehead atoms. The summed E-state index contributed by atoms with van der Waals surface area (Å²) in [6.45, 7) is 14.4. The molecule has 8 aliphatic rings. The molecule has 0 aromatic carbocycles. The van der Waals surface area contributed by atoms with E-state index in [1.165, 1.54) is 5.57 Å². The van der Waals surface area contributed by atoms with Crippen LogP contribution in [0, 0.1) is 45.3 Å². The van der Waals surface area contributed by atoms with Gasteiger partial charge in [-0.3, -0.25) is 0 Å². The predicted octanol–water partition coefficient (Wildman–Crippen LogP) is -2.20. The average Bonchev–Trinajstić information content (AvgIpc) is 3.69. The third-order valence-electron chi connectivity index (χ3n) is 20.7. The molecule has 4 heterocycles. The maximum absolute atomic E-state index is 11.8. The van der Waals surface area contributed by atoms with E-state index in [1.807, 2.05) is 0 Å². The molecule has 15 N–H and O–H groups in total. The lowest BCUT2D eigenvalue weighted by Gasteiger charge is -2.66. The average molecular weight is 1110 g/mol. The summed E-state index contributed by atoms with van der Waals surface area (Å²) in [6.07, 6.45) is -23.9. The Balaban J connectivity index is 0.973. The van der Waals surface area contributed by atoms with E-state index in [-0.39, 0.29) is 46.5 Å². The smallest absolute Gasteiger partial charge is 0.187 e. The molecule has 0 aromatic heterocycles. The van der Waals surface area contributed by atoms with Crippen LogP contribution in [-0.2, 0) is 37.9 Å². The van der Waals surface area contributed by atoms with E-state index in [2.05, 4.69) is 47.6 Å². The number of allylic oxidation sites excluding steroid dienone is 1. The molecule has 4 aliphatic heterocycles. The fourth-order valence-electron chi connectivity index (χ4n) is 15.6. The number of aliphatic hydroxyl groups excluding tert-OH is 14. The summed E-state index contributed by atoms with van der Waals surface area (Å²) < 4.78 is 47.9. The zero-order valence-electron chi connectivity index (χ0n) is 45.8. The minimum atomic E-state index is -1.91. The van der Waals surface area contributed by atoms with Crippen LogP contribution in [0.15, 0.2) is 11.6 Å². The van der Waals surface area contributed by atoms with E-state index in [0.717, 1.165) is 38.5 Å². The second kappa shape index (κ2) is 23.5. The molecule has 3 saturated carbocycles. The Kier molecular flexibility index (Phi) is 18.9. The summed E-state index contributed by atoms with van der Waals surface area (Å²) in [5.74, 6) is 1.07. The van der Waals surface area contributed by atoms with Crippen LogP contribution in [0.3, 0.4) is 0 Å². The molecule has 4 saturated heterocycles. The zero-order valence-corrected chi connectivity index (χ0v) is 45.8. The quantitative estimate of drug-likeness (QED) is 0.0687. The van der Waals surface area contributed by atoms with Gasteiger partial charge in [0.25, 0.3) is 0 Å². The van der Waals surface area contributed by atoms with Crippen LogP contribution in [0.4, 0.5) is 0 Å². The van der Waals surface area contributed by atoms with Crippen LogP contribution in [0.5, 0.6) is 0 Å². The fourth-order valence-corrected chi connectivity index (χ4v) is 15.6. The van der Waals surface area contributed by atoms with Crippen molar-refractivity contribution in [2.24, 2.45) is 45.3 Å². The van der Waals surface area contributed by atoms with Gasteiger partial charge in [0.15, 0.2) is 25.2 Å². The third-order valence-corrected chi connectivity index (χ3v) is 20.7. The number of aliphatic hydroxyl groups is 15. The molecule has 446 valence electrons. The van der Waals surface area contributed by atoms with Gasteiger partial charge in [0.2, 0.25) is 0 Å². The van der Waals surface area contributed by atoms with Crippen molar-refractivity contribution < 1.29 is 114 Å². The highest BCUT2D eigenvalue weighted by Crippen LogP contribution is 2.75. The van der Waals surface area contributed by atoms with E-state index in [0.29, 0.717) is 18.8 Å².